The van der Waals surface area contributed by atoms with Crippen LogP contribution in [-0.4, -0.2) is 49.5 Å². The molecule has 1 fully saturated rings. The van der Waals surface area contributed by atoms with Crippen LogP contribution >= 0.6 is 0 Å². The van der Waals surface area contributed by atoms with Gasteiger partial charge in [-0.15, -0.1) is 0 Å². The van der Waals surface area contributed by atoms with E-state index in [2.05, 4.69) is 41.3 Å². The summed E-state index contributed by atoms with van der Waals surface area (Å²) in [5, 5.41) is 6.23. The number of amides is 1. The number of carbonyl (C=O) groups excluding carboxylic acids is 1. The molecule has 5 nitrogen and oxygen atoms in total. The summed E-state index contributed by atoms with van der Waals surface area (Å²) in [5.41, 5.74) is 0.363. The molecule has 0 aliphatic carbocycles. The Morgan fingerprint density at radius 3 is 2.55 bits per heavy atom. The van der Waals surface area contributed by atoms with Crippen LogP contribution in [0.5, 0.6) is 0 Å². The molecule has 0 saturated carbocycles. The van der Waals surface area contributed by atoms with Crippen molar-refractivity contribution in [1.82, 2.24) is 15.5 Å². The minimum atomic E-state index is 0.0339. The maximum absolute atomic E-state index is 11.5. The maximum atomic E-state index is 11.5. The van der Waals surface area contributed by atoms with Gasteiger partial charge in [0, 0.05) is 32.1 Å². The fourth-order valence-corrected chi connectivity index (χ4v) is 2.26. The highest BCUT2D eigenvalue weighted by Crippen LogP contribution is 2.28. The lowest BCUT2D eigenvalue weighted by Gasteiger charge is -2.23. The monoisotopic (exact) mass is 282 g/mol. The Bertz CT molecular complexity index is 350. The van der Waals surface area contributed by atoms with Gasteiger partial charge in [-0.25, -0.2) is 0 Å². The van der Waals surface area contributed by atoms with E-state index < -0.39 is 0 Å². The van der Waals surface area contributed by atoms with E-state index in [1.54, 1.807) is 0 Å². The minimum Gasteiger partial charge on any atom is -0.357 e. The first-order valence-electron chi connectivity index (χ1n) is 7.66. The average molecular weight is 282 g/mol. The smallest absolute Gasteiger partial charge is 0.222 e. The van der Waals surface area contributed by atoms with E-state index in [1.165, 1.54) is 6.42 Å². The molecule has 0 spiro atoms. The third-order valence-electron chi connectivity index (χ3n) is 3.51. The summed E-state index contributed by atoms with van der Waals surface area (Å²) in [6.07, 6.45) is 1.20. The molecule has 1 aliphatic heterocycles. The molecule has 0 aromatic heterocycles. The van der Waals surface area contributed by atoms with Gasteiger partial charge in [0.05, 0.1) is 6.54 Å². The fraction of sp³-hybridized carbons (Fsp3) is 0.867. The van der Waals surface area contributed by atoms with Crippen molar-refractivity contribution in [2.24, 2.45) is 16.3 Å². The Hall–Kier alpha value is -1.26. The highest BCUT2D eigenvalue weighted by atomic mass is 16.1. The van der Waals surface area contributed by atoms with Crippen molar-refractivity contribution in [2.75, 3.05) is 32.7 Å². The molecule has 1 rings (SSSR count). The van der Waals surface area contributed by atoms with Crippen LogP contribution in [0.4, 0.5) is 0 Å². The number of likely N-dealkylation sites (tertiary alicyclic amines) is 1. The molecule has 1 aliphatic rings. The van der Waals surface area contributed by atoms with Crippen LogP contribution in [0.1, 0.15) is 41.0 Å². The molecule has 1 saturated heterocycles. The molecule has 0 radical (unpaired) electrons. The molecule has 0 aromatic rings. The Kier molecular flexibility index (Phi) is 6.30. The van der Waals surface area contributed by atoms with Crippen molar-refractivity contribution in [3.05, 3.63) is 0 Å². The maximum Gasteiger partial charge on any atom is 0.222 e. The van der Waals surface area contributed by atoms with Gasteiger partial charge in [-0.2, -0.15) is 0 Å². The van der Waals surface area contributed by atoms with Crippen LogP contribution < -0.4 is 10.6 Å². The first-order valence-corrected chi connectivity index (χ1v) is 7.66. The zero-order valence-corrected chi connectivity index (χ0v) is 13.6. The van der Waals surface area contributed by atoms with Crippen LogP contribution in [0, 0.1) is 11.3 Å². The van der Waals surface area contributed by atoms with Gasteiger partial charge in [0.25, 0.3) is 0 Å². The highest BCUT2D eigenvalue weighted by Gasteiger charge is 2.30. The number of nitrogens with one attached hydrogen (secondary N) is 2. The predicted molar refractivity (Wildman–Crippen MR) is 83.8 cm³/mol. The highest BCUT2D eigenvalue weighted by molar-refractivity contribution is 5.80. The van der Waals surface area contributed by atoms with Gasteiger partial charge in [0.2, 0.25) is 5.91 Å². The summed E-state index contributed by atoms with van der Waals surface area (Å²) < 4.78 is 0. The van der Waals surface area contributed by atoms with Gasteiger partial charge in [-0.3, -0.25) is 9.79 Å². The first kappa shape index (κ1) is 16.8. The summed E-state index contributed by atoms with van der Waals surface area (Å²) in [4.78, 5) is 18.4. The largest absolute Gasteiger partial charge is 0.357 e. The van der Waals surface area contributed by atoms with Gasteiger partial charge < -0.3 is 15.5 Å². The van der Waals surface area contributed by atoms with E-state index in [-0.39, 0.29) is 11.8 Å². The van der Waals surface area contributed by atoms with Crippen LogP contribution in [0.25, 0.3) is 0 Å². The summed E-state index contributed by atoms with van der Waals surface area (Å²) >= 11 is 0. The van der Waals surface area contributed by atoms with Crippen LogP contribution in [0.15, 0.2) is 4.99 Å². The number of nitrogens with zero attached hydrogens (tertiary/aromatic N) is 2. The second kappa shape index (κ2) is 7.50. The second-order valence-corrected chi connectivity index (χ2v) is 6.52. The van der Waals surface area contributed by atoms with E-state index >= 15 is 0 Å². The van der Waals surface area contributed by atoms with E-state index in [0.29, 0.717) is 18.5 Å². The van der Waals surface area contributed by atoms with Crippen molar-refractivity contribution >= 4 is 11.9 Å². The fourth-order valence-electron chi connectivity index (χ4n) is 2.26. The van der Waals surface area contributed by atoms with Crippen molar-refractivity contribution < 1.29 is 4.79 Å². The zero-order valence-electron chi connectivity index (χ0n) is 13.6. The number of hydrogen-bond acceptors (Lipinski definition) is 2. The van der Waals surface area contributed by atoms with Gasteiger partial charge in [0.15, 0.2) is 5.96 Å². The van der Waals surface area contributed by atoms with Crippen molar-refractivity contribution in [2.45, 2.75) is 41.0 Å². The van der Waals surface area contributed by atoms with E-state index in [4.69, 9.17) is 0 Å². The molecule has 1 amide bonds. The quantitative estimate of drug-likeness (QED) is 0.456. The summed E-state index contributed by atoms with van der Waals surface area (Å²) in [6, 6.07) is 0. The summed E-state index contributed by atoms with van der Waals surface area (Å²) in [7, 11) is 0. The minimum absolute atomic E-state index is 0.0339. The number of carbonyl (C=O) groups is 1. The van der Waals surface area contributed by atoms with Gasteiger partial charge in [-0.1, -0.05) is 27.7 Å². The molecule has 5 heteroatoms. The van der Waals surface area contributed by atoms with Crippen LogP contribution in [0.3, 0.4) is 0 Å². The molecule has 2 N–H and O–H groups in total. The summed E-state index contributed by atoms with van der Waals surface area (Å²) in [5.74, 6) is 1.09. The molecular formula is C15H30N4O. The number of aliphatic imine (C=N–C) groups is 1. The molecule has 1 heterocycles. The number of guanidine groups is 1. The average Bonchev–Trinajstić information content (AvgIpc) is 2.73. The Morgan fingerprint density at radius 1 is 1.35 bits per heavy atom. The van der Waals surface area contributed by atoms with Crippen molar-refractivity contribution in [3.63, 3.8) is 0 Å². The van der Waals surface area contributed by atoms with E-state index in [9.17, 15) is 4.79 Å². The number of hydrogen-bond donors (Lipinski definition) is 2. The molecule has 0 unspecified atom stereocenters. The van der Waals surface area contributed by atoms with Crippen LogP contribution in [0.2, 0.25) is 0 Å². The molecule has 0 atom stereocenters. The molecule has 0 bridgehead atoms. The molecular weight excluding hydrogens is 252 g/mol. The lowest BCUT2D eigenvalue weighted by Crippen LogP contribution is -2.41. The second-order valence-electron chi connectivity index (χ2n) is 6.52. The van der Waals surface area contributed by atoms with Crippen LogP contribution in [-0.2, 0) is 4.79 Å². The van der Waals surface area contributed by atoms with E-state index in [1.807, 2.05) is 13.8 Å². The lowest BCUT2D eigenvalue weighted by atomic mass is 9.93. The van der Waals surface area contributed by atoms with Crippen molar-refractivity contribution in [1.29, 1.82) is 0 Å². The predicted octanol–water partition coefficient (Wildman–Crippen LogP) is 1.46. The topological polar surface area (TPSA) is 56.7 Å². The lowest BCUT2D eigenvalue weighted by molar-refractivity contribution is -0.123. The Balaban J connectivity index is 2.45. The summed E-state index contributed by atoms with van der Waals surface area (Å²) in [6.45, 7) is 14.6. The normalized spacial score (nSPS) is 18.5. The van der Waals surface area contributed by atoms with Gasteiger partial charge in [0.1, 0.15) is 0 Å². The molecule has 20 heavy (non-hydrogen) atoms. The standard InChI is InChI=1S/C15H30N4O/c1-6-16-14(19-10-7-15(4,5)11-19)18-9-8-17-13(20)12(2)3/h12H,6-11H2,1-5H3,(H,16,18)(H,17,20). The van der Waals surface area contributed by atoms with Crippen molar-refractivity contribution in [3.8, 4) is 0 Å². The van der Waals surface area contributed by atoms with E-state index in [0.717, 1.165) is 25.6 Å². The Labute approximate surface area is 123 Å². The third kappa shape index (κ3) is 5.39. The third-order valence-corrected chi connectivity index (χ3v) is 3.51. The number of rotatable bonds is 5. The molecule has 116 valence electrons. The zero-order chi connectivity index (χ0) is 15.2. The first-order chi connectivity index (χ1) is 9.35. The van der Waals surface area contributed by atoms with Gasteiger partial charge in [-0.05, 0) is 18.8 Å². The SMILES string of the molecule is CCNC(=NCCNC(=O)C(C)C)N1CCC(C)(C)C1. The Morgan fingerprint density at radius 2 is 2.05 bits per heavy atom. The molecule has 0 aromatic carbocycles. The van der Waals surface area contributed by atoms with Gasteiger partial charge >= 0.3 is 0 Å².